The van der Waals surface area contributed by atoms with Gasteiger partial charge in [-0.1, -0.05) is 6.07 Å². The first-order valence-corrected chi connectivity index (χ1v) is 8.85. The molecule has 2 heterocycles. The van der Waals surface area contributed by atoms with E-state index >= 15 is 0 Å². The number of nitrogens with zero attached hydrogens (tertiary/aromatic N) is 2. The van der Waals surface area contributed by atoms with E-state index in [-0.39, 0.29) is 10.7 Å². The zero-order chi connectivity index (χ0) is 19.0. The molecule has 2 aromatic rings. The molecular formula is C20H21N3O2S. The Kier molecular flexibility index (Phi) is 4.78. The Morgan fingerprint density at radius 1 is 1.12 bits per heavy atom. The molecule has 5 nitrogen and oxygen atoms in total. The Morgan fingerprint density at radius 2 is 1.85 bits per heavy atom. The first kappa shape index (κ1) is 18.1. The van der Waals surface area contributed by atoms with Crippen LogP contribution >= 0.6 is 12.2 Å². The van der Waals surface area contributed by atoms with Gasteiger partial charge in [0.2, 0.25) is 0 Å². The zero-order valence-electron chi connectivity index (χ0n) is 15.2. The van der Waals surface area contributed by atoms with Crippen LogP contribution in [-0.4, -0.2) is 21.5 Å². The topological polar surface area (TPSA) is 54.3 Å². The average molecular weight is 367 g/mol. The molecule has 1 fully saturated rings. The molecule has 1 aromatic carbocycles. The molecule has 3 rings (SSSR count). The lowest BCUT2D eigenvalue weighted by Gasteiger charge is -2.29. The normalized spacial score (nSPS) is 16.6. The molecule has 1 saturated heterocycles. The first-order chi connectivity index (χ1) is 12.3. The predicted molar refractivity (Wildman–Crippen MR) is 107 cm³/mol. The molecule has 0 saturated carbocycles. The van der Waals surface area contributed by atoms with Crippen molar-refractivity contribution in [2.45, 2.75) is 33.7 Å². The Labute approximate surface area is 158 Å². The number of carbonyl (C=O) groups excluding carboxylic acids is 2. The number of carbonyl (C=O) groups is 2. The lowest BCUT2D eigenvalue weighted by molar-refractivity contribution is -0.122. The summed E-state index contributed by atoms with van der Waals surface area (Å²) in [7, 11) is 0. The molecule has 0 spiro atoms. The second-order valence-corrected chi connectivity index (χ2v) is 7.10. The summed E-state index contributed by atoms with van der Waals surface area (Å²) in [5.74, 6) is -0.892. The van der Waals surface area contributed by atoms with Crippen LogP contribution in [0.5, 0.6) is 0 Å². The van der Waals surface area contributed by atoms with Crippen molar-refractivity contribution in [3.05, 3.63) is 58.9 Å². The highest BCUT2D eigenvalue weighted by molar-refractivity contribution is 7.80. The van der Waals surface area contributed by atoms with Crippen LogP contribution in [0.4, 0.5) is 5.69 Å². The number of hydrogen-bond acceptors (Lipinski definition) is 3. The molecule has 6 heteroatoms. The van der Waals surface area contributed by atoms with Gasteiger partial charge in [-0.3, -0.25) is 19.8 Å². The minimum atomic E-state index is -0.475. The van der Waals surface area contributed by atoms with Crippen molar-refractivity contribution in [1.29, 1.82) is 0 Å². The number of hydrogen-bond donors (Lipinski definition) is 1. The number of amides is 2. The Hall–Kier alpha value is -2.73. The van der Waals surface area contributed by atoms with Crippen LogP contribution in [0.3, 0.4) is 0 Å². The van der Waals surface area contributed by atoms with E-state index in [9.17, 15) is 9.59 Å². The minimum Gasteiger partial charge on any atom is -0.351 e. The molecule has 134 valence electrons. The fourth-order valence-corrected chi connectivity index (χ4v) is 3.04. The lowest BCUT2D eigenvalue weighted by atomic mass is 10.1. The second kappa shape index (κ2) is 6.88. The molecule has 0 aliphatic carbocycles. The van der Waals surface area contributed by atoms with E-state index in [2.05, 4.69) is 19.2 Å². The van der Waals surface area contributed by atoms with E-state index in [1.54, 1.807) is 6.08 Å². The third kappa shape index (κ3) is 3.32. The standard InChI is InChI=1S/C20H21N3O2S/c1-12(2)22-8-7-15(11-22)10-17-18(24)21-20(26)23(19(17)25)16-6-5-13(3)14(4)9-16/h5-12H,1-4H3,(H,21,24,26)/b17-10-. The maximum Gasteiger partial charge on any atom is 0.270 e. The molecule has 0 bridgehead atoms. The van der Waals surface area contributed by atoms with Crippen LogP contribution in [0.15, 0.2) is 42.2 Å². The third-order valence-corrected chi connectivity index (χ3v) is 4.78. The number of benzene rings is 1. The van der Waals surface area contributed by atoms with Crippen molar-refractivity contribution in [2.75, 3.05) is 4.90 Å². The van der Waals surface area contributed by atoms with Crippen LogP contribution in [0.2, 0.25) is 0 Å². The van der Waals surface area contributed by atoms with Crippen molar-refractivity contribution in [2.24, 2.45) is 0 Å². The van der Waals surface area contributed by atoms with Gasteiger partial charge in [0.05, 0.1) is 5.69 Å². The smallest absolute Gasteiger partial charge is 0.270 e. The SMILES string of the molecule is Cc1ccc(N2C(=O)/C(=C\c3ccn(C(C)C)c3)C(=O)NC2=S)cc1C. The number of aromatic nitrogens is 1. The van der Waals surface area contributed by atoms with Gasteiger partial charge in [0.1, 0.15) is 5.57 Å². The first-order valence-electron chi connectivity index (χ1n) is 8.44. The summed E-state index contributed by atoms with van der Waals surface area (Å²) in [6.45, 7) is 8.10. The Morgan fingerprint density at radius 3 is 2.46 bits per heavy atom. The van der Waals surface area contributed by atoms with E-state index in [0.29, 0.717) is 11.7 Å². The molecule has 0 atom stereocenters. The van der Waals surface area contributed by atoms with Gasteiger partial charge in [-0.2, -0.15) is 0 Å². The van der Waals surface area contributed by atoms with Crippen molar-refractivity contribution in [3.63, 3.8) is 0 Å². The summed E-state index contributed by atoms with van der Waals surface area (Å²) >= 11 is 5.24. The van der Waals surface area contributed by atoms with E-state index in [1.165, 1.54) is 4.90 Å². The van der Waals surface area contributed by atoms with E-state index in [4.69, 9.17) is 12.2 Å². The highest BCUT2D eigenvalue weighted by Gasteiger charge is 2.34. The monoisotopic (exact) mass is 367 g/mol. The number of thiocarbonyl (C=S) groups is 1. The highest BCUT2D eigenvalue weighted by atomic mass is 32.1. The molecule has 0 unspecified atom stereocenters. The summed E-state index contributed by atoms with van der Waals surface area (Å²) in [5.41, 5.74) is 3.69. The van der Waals surface area contributed by atoms with E-state index < -0.39 is 11.8 Å². The zero-order valence-corrected chi connectivity index (χ0v) is 16.1. The van der Waals surface area contributed by atoms with Crippen molar-refractivity contribution >= 4 is 40.9 Å². The van der Waals surface area contributed by atoms with Crippen LogP contribution in [0.1, 0.15) is 36.6 Å². The van der Waals surface area contributed by atoms with Gasteiger partial charge in [-0.05, 0) is 80.9 Å². The summed E-state index contributed by atoms with van der Waals surface area (Å²) < 4.78 is 2.02. The largest absolute Gasteiger partial charge is 0.351 e. The summed E-state index contributed by atoms with van der Waals surface area (Å²) in [6, 6.07) is 7.84. The lowest BCUT2D eigenvalue weighted by Crippen LogP contribution is -2.54. The number of rotatable bonds is 3. The number of aryl methyl sites for hydroxylation is 2. The molecule has 2 amide bonds. The molecule has 26 heavy (non-hydrogen) atoms. The third-order valence-electron chi connectivity index (χ3n) is 4.49. The highest BCUT2D eigenvalue weighted by Crippen LogP contribution is 2.24. The Balaban J connectivity index is 1.99. The maximum absolute atomic E-state index is 13.0. The van der Waals surface area contributed by atoms with Crippen LogP contribution < -0.4 is 10.2 Å². The Bertz CT molecular complexity index is 940. The van der Waals surface area contributed by atoms with Crippen molar-refractivity contribution < 1.29 is 9.59 Å². The van der Waals surface area contributed by atoms with Crippen molar-refractivity contribution in [1.82, 2.24) is 9.88 Å². The van der Waals surface area contributed by atoms with E-state index in [0.717, 1.165) is 16.7 Å². The fraction of sp³-hybridized carbons (Fsp3) is 0.250. The molecule has 1 aliphatic rings. The molecule has 1 aliphatic heterocycles. The van der Waals surface area contributed by atoms with Gasteiger partial charge in [0.25, 0.3) is 11.8 Å². The van der Waals surface area contributed by atoms with Gasteiger partial charge in [0, 0.05) is 18.4 Å². The minimum absolute atomic E-state index is 0.0679. The van der Waals surface area contributed by atoms with Crippen LogP contribution in [-0.2, 0) is 9.59 Å². The predicted octanol–water partition coefficient (Wildman–Crippen LogP) is 3.52. The summed E-state index contributed by atoms with van der Waals surface area (Å²) in [6.07, 6.45) is 5.44. The quantitative estimate of drug-likeness (QED) is 0.513. The summed E-state index contributed by atoms with van der Waals surface area (Å²) in [5, 5.41) is 2.71. The number of anilines is 1. The fourth-order valence-electron chi connectivity index (χ4n) is 2.76. The maximum atomic E-state index is 13.0. The molecule has 1 N–H and O–H groups in total. The van der Waals surface area contributed by atoms with Crippen LogP contribution in [0.25, 0.3) is 6.08 Å². The van der Waals surface area contributed by atoms with Gasteiger partial charge in [0.15, 0.2) is 5.11 Å². The van der Waals surface area contributed by atoms with Gasteiger partial charge >= 0.3 is 0 Å². The number of nitrogens with one attached hydrogen (secondary N) is 1. The van der Waals surface area contributed by atoms with Crippen molar-refractivity contribution in [3.8, 4) is 0 Å². The van der Waals surface area contributed by atoms with Gasteiger partial charge in [-0.15, -0.1) is 0 Å². The second-order valence-electron chi connectivity index (χ2n) is 6.71. The average Bonchev–Trinajstić information content (AvgIpc) is 3.03. The van der Waals surface area contributed by atoms with Gasteiger partial charge in [-0.25, -0.2) is 0 Å². The molecule has 0 radical (unpaired) electrons. The molecule has 1 aromatic heterocycles. The van der Waals surface area contributed by atoms with E-state index in [1.807, 2.05) is 55.1 Å². The van der Waals surface area contributed by atoms with Gasteiger partial charge < -0.3 is 4.57 Å². The van der Waals surface area contributed by atoms with Crippen LogP contribution in [0, 0.1) is 13.8 Å². The molecular weight excluding hydrogens is 346 g/mol. The summed E-state index contributed by atoms with van der Waals surface area (Å²) in [4.78, 5) is 26.7.